The molecule has 4 heterocycles. The van der Waals surface area contributed by atoms with Gasteiger partial charge in [-0.2, -0.15) is 29.6 Å². The first-order chi connectivity index (χ1) is 14.2. The second kappa shape index (κ2) is 9.17. The standard InChI is InChI=1S/C17H22N4OS.C2HF3O2/c1-19-15-11-20(10-13-5-9-23-12-13)8-4-14(15)16(18-19)17(22)21-6-2-3-7-21;3-2(4,5)1(6)7/h5,9,12H,2-4,6-8,10-11H2,1H3;(H,6,7). The monoisotopic (exact) mass is 444 g/mol. The van der Waals surface area contributed by atoms with E-state index in [1.807, 2.05) is 16.6 Å². The Morgan fingerprint density at radius 1 is 1.23 bits per heavy atom. The van der Waals surface area contributed by atoms with E-state index in [4.69, 9.17) is 9.90 Å². The van der Waals surface area contributed by atoms with E-state index in [1.54, 1.807) is 11.3 Å². The van der Waals surface area contributed by atoms with Crippen LogP contribution in [-0.4, -0.2) is 62.4 Å². The van der Waals surface area contributed by atoms with E-state index in [-0.39, 0.29) is 5.91 Å². The molecule has 7 nitrogen and oxygen atoms in total. The first-order valence-corrected chi connectivity index (χ1v) is 10.5. The molecule has 0 saturated carbocycles. The fourth-order valence-electron chi connectivity index (χ4n) is 3.64. The summed E-state index contributed by atoms with van der Waals surface area (Å²) in [6, 6.07) is 2.19. The molecule has 0 unspecified atom stereocenters. The molecule has 0 aliphatic carbocycles. The van der Waals surface area contributed by atoms with Crippen LogP contribution in [-0.2, 0) is 31.4 Å². The molecule has 2 aliphatic heterocycles. The summed E-state index contributed by atoms with van der Waals surface area (Å²) in [6.45, 7) is 4.61. The number of thiophene rings is 1. The number of carboxylic acids is 1. The van der Waals surface area contributed by atoms with Crippen molar-refractivity contribution in [1.29, 1.82) is 0 Å². The average Bonchev–Trinajstić information content (AvgIpc) is 3.43. The van der Waals surface area contributed by atoms with Crippen molar-refractivity contribution in [1.82, 2.24) is 19.6 Å². The summed E-state index contributed by atoms with van der Waals surface area (Å²) in [4.78, 5) is 26.0. The Bertz CT molecular complexity index is 890. The van der Waals surface area contributed by atoms with E-state index in [0.29, 0.717) is 5.69 Å². The van der Waals surface area contributed by atoms with Crippen molar-refractivity contribution < 1.29 is 27.9 Å². The average molecular weight is 444 g/mol. The maximum Gasteiger partial charge on any atom is 0.490 e. The van der Waals surface area contributed by atoms with Gasteiger partial charge in [0.15, 0.2) is 5.69 Å². The quantitative estimate of drug-likeness (QED) is 0.788. The van der Waals surface area contributed by atoms with Crippen molar-refractivity contribution in [3.63, 3.8) is 0 Å². The number of alkyl halides is 3. The van der Waals surface area contributed by atoms with Gasteiger partial charge in [-0.1, -0.05) is 0 Å². The first kappa shape index (κ1) is 22.3. The van der Waals surface area contributed by atoms with Crippen molar-refractivity contribution in [2.75, 3.05) is 19.6 Å². The lowest BCUT2D eigenvalue weighted by molar-refractivity contribution is -0.192. The highest BCUT2D eigenvalue weighted by Gasteiger charge is 2.38. The zero-order valence-corrected chi connectivity index (χ0v) is 17.3. The van der Waals surface area contributed by atoms with E-state index < -0.39 is 12.1 Å². The van der Waals surface area contributed by atoms with Gasteiger partial charge in [0.05, 0.1) is 5.69 Å². The number of carbonyl (C=O) groups excluding carboxylic acids is 1. The van der Waals surface area contributed by atoms with Crippen LogP contribution in [0.5, 0.6) is 0 Å². The molecule has 1 N–H and O–H groups in total. The summed E-state index contributed by atoms with van der Waals surface area (Å²) in [5.41, 5.74) is 4.44. The molecule has 164 valence electrons. The Kier molecular flexibility index (Phi) is 6.81. The third-order valence-electron chi connectivity index (χ3n) is 5.15. The van der Waals surface area contributed by atoms with E-state index in [2.05, 4.69) is 26.8 Å². The Morgan fingerprint density at radius 2 is 1.90 bits per heavy atom. The van der Waals surface area contributed by atoms with Crippen LogP contribution in [0.2, 0.25) is 0 Å². The SMILES string of the molecule is Cn1nc(C(=O)N2CCCC2)c2c1CN(Cc1ccsc1)CC2.O=C(O)C(F)(F)F. The molecule has 2 aromatic heterocycles. The molecule has 2 aliphatic rings. The zero-order valence-electron chi connectivity index (χ0n) is 16.5. The van der Waals surface area contributed by atoms with Crippen LogP contribution >= 0.6 is 11.3 Å². The van der Waals surface area contributed by atoms with Gasteiger partial charge in [0.1, 0.15) is 0 Å². The van der Waals surface area contributed by atoms with Crippen LogP contribution in [0.3, 0.4) is 0 Å². The fraction of sp³-hybridized carbons (Fsp3) is 0.526. The summed E-state index contributed by atoms with van der Waals surface area (Å²) in [5.74, 6) is -2.63. The lowest BCUT2D eigenvalue weighted by atomic mass is 10.0. The molecule has 1 amide bonds. The van der Waals surface area contributed by atoms with Crippen molar-refractivity contribution in [2.45, 2.75) is 38.5 Å². The number of likely N-dealkylation sites (tertiary alicyclic amines) is 1. The molecule has 1 saturated heterocycles. The van der Waals surface area contributed by atoms with Crippen LogP contribution in [0, 0.1) is 0 Å². The van der Waals surface area contributed by atoms with Crippen LogP contribution in [0.4, 0.5) is 13.2 Å². The van der Waals surface area contributed by atoms with E-state index >= 15 is 0 Å². The van der Waals surface area contributed by atoms with Gasteiger partial charge < -0.3 is 10.0 Å². The van der Waals surface area contributed by atoms with Crippen LogP contribution in [0.25, 0.3) is 0 Å². The van der Waals surface area contributed by atoms with Gasteiger partial charge in [-0.15, -0.1) is 0 Å². The van der Waals surface area contributed by atoms with Gasteiger partial charge in [0.2, 0.25) is 0 Å². The topological polar surface area (TPSA) is 78.7 Å². The van der Waals surface area contributed by atoms with Gasteiger partial charge in [-0.05, 0) is 41.7 Å². The summed E-state index contributed by atoms with van der Waals surface area (Å²) >= 11 is 1.74. The molecule has 0 spiro atoms. The molecule has 30 heavy (non-hydrogen) atoms. The van der Waals surface area contributed by atoms with E-state index in [0.717, 1.165) is 52.0 Å². The summed E-state index contributed by atoms with van der Waals surface area (Å²) in [7, 11) is 1.97. The second-order valence-electron chi connectivity index (χ2n) is 7.29. The Balaban J connectivity index is 0.000000318. The summed E-state index contributed by atoms with van der Waals surface area (Å²) in [6.07, 6.45) is -1.92. The number of aliphatic carboxylic acids is 1. The fourth-order valence-corrected chi connectivity index (χ4v) is 4.30. The van der Waals surface area contributed by atoms with Gasteiger partial charge in [-0.25, -0.2) is 4.79 Å². The summed E-state index contributed by atoms with van der Waals surface area (Å²) in [5, 5.41) is 16.0. The number of nitrogens with zero attached hydrogens (tertiary/aromatic N) is 4. The highest BCUT2D eigenvalue weighted by molar-refractivity contribution is 7.07. The maximum absolute atomic E-state index is 12.7. The predicted octanol–water partition coefficient (Wildman–Crippen LogP) is 2.91. The normalized spacial score (nSPS) is 16.7. The Morgan fingerprint density at radius 3 is 2.47 bits per heavy atom. The molecule has 2 aromatic rings. The largest absolute Gasteiger partial charge is 0.490 e. The van der Waals surface area contributed by atoms with Crippen molar-refractivity contribution in [2.24, 2.45) is 7.05 Å². The predicted molar refractivity (Wildman–Crippen MR) is 104 cm³/mol. The molecule has 11 heteroatoms. The minimum Gasteiger partial charge on any atom is -0.475 e. The lowest BCUT2D eigenvalue weighted by Gasteiger charge is -2.27. The number of hydrogen-bond donors (Lipinski definition) is 1. The molecule has 0 atom stereocenters. The third-order valence-corrected chi connectivity index (χ3v) is 5.88. The minimum absolute atomic E-state index is 0.130. The molecular weight excluding hydrogens is 421 g/mol. The maximum atomic E-state index is 12.7. The number of hydrogen-bond acceptors (Lipinski definition) is 5. The van der Waals surface area contributed by atoms with E-state index in [1.165, 1.54) is 16.8 Å². The molecule has 0 aromatic carbocycles. The molecule has 4 rings (SSSR count). The van der Waals surface area contributed by atoms with Crippen LogP contribution < -0.4 is 0 Å². The lowest BCUT2D eigenvalue weighted by Crippen LogP contribution is -2.32. The second-order valence-corrected chi connectivity index (χ2v) is 8.07. The Hall–Kier alpha value is -2.40. The smallest absolute Gasteiger partial charge is 0.475 e. The number of fused-ring (bicyclic) bond motifs is 1. The third kappa shape index (κ3) is 5.20. The number of halogens is 3. The van der Waals surface area contributed by atoms with Crippen molar-refractivity contribution >= 4 is 23.2 Å². The molecule has 1 fully saturated rings. The highest BCUT2D eigenvalue weighted by atomic mass is 32.1. The number of carbonyl (C=O) groups is 2. The van der Waals surface area contributed by atoms with Gasteiger partial charge in [-0.3, -0.25) is 14.4 Å². The van der Waals surface area contributed by atoms with Gasteiger partial charge >= 0.3 is 12.1 Å². The number of aromatic nitrogens is 2. The highest BCUT2D eigenvalue weighted by Crippen LogP contribution is 2.25. The van der Waals surface area contributed by atoms with Crippen molar-refractivity contribution in [3.05, 3.63) is 39.3 Å². The van der Waals surface area contributed by atoms with Gasteiger partial charge in [0.25, 0.3) is 5.91 Å². The van der Waals surface area contributed by atoms with Crippen LogP contribution in [0.15, 0.2) is 16.8 Å². The number of carboxylic acid groups (broad SMARTS) is 1. The van der Waals surface area contributed by atoms with Crippen molar-refractivity contribution in [3.8, 4) is 0 Å². The first-order valence-electron chi connectivity index (χ1n) is 9.54. The Labute approximate surface area is 175 Å². The molecular formula is C19H23F3N4O3S. The van der Waals surface area contributed by atoms with E-state index in [9.17, 15) is 18.0 Å². The number of amides is 1. The number of aryl methyl sites for hydroxylation is 1. The molecule has 0 bridgehead atoms. The zero-order chi connectivity index (χ0) is 21.9. The molecule has 0 radical (unpaired) electrons. The number of rotatable bonds is 3. The van der Waals surface area contributed by atoms with Gasteiger partial charge in [0, 0.05) is 45.3 Å². The minimum atomic E-state index is -5.08. The van der Waals surface area contributed by atoms with Crippen LogP contribution in [0.1, 0.15) is 40.2 Å². The summed E-state index contributed by atoms with van der Waals surface area (Å²) < 4.78 is 33.7.